The van der Waals surface area contributed by atoms with Crippen molar-refractivity contribution >= 4 is 22.9 Å². The van der Waals surface area contributed by atoms with Crippen molar-refractivity contribution in [2.75, 3.05) is 0 Å². The summed E-state index contributed by atoms with van der Waals surface area (Å²) in [6.07, 6.45) is 1.10. The summed E-state index contributed by atoms with van der Waals surface area (Å²) in [6.45, 7) is 13.3. The maximum absolute atomic E-state index is 13.0. The van der Waals surface area contributed by atoms with Gasteiger partial charge in [-0.3, -0.25) is 9.59 Å². The Hall–Kier alpha value is -2.79. The summed E-state index contributed by atoms with van der Waals surface area (Å²) in [7, 11) is 0. The van der Waals surface area contributed by atoms with Crippen LogP contribution in [0.3, 0.4) is 0 Å². The van der Waals surface area contributed by atoms with Crippen LogP contribution in [0.5, 0.6) is 5.75 Å². The van der Waals surface area contributed by atoms with Gasteiger partial charge in [-0.15, -0.1) is 11.3 Å². The highest BCUT2D eigenvalue weighted by Crippen LogP contribution is 2.33. The summed E-state index contributed by atoms with van der Waals surface area (Å²) >= 11 is 1.68. The van der Waals surface area contributed by atoms with Gasteiger partial charge in [-0.2, -0.15) is 0 Å². The molecule has 2 aromatic carbocycles. The number of aromatic nitrogens is 1. The van der Waals surface area contributed by atoms with Crippen molar-refractivity contribution in [3.63, 3.8) is 0 Å². The number of nitrogens with zero attached hydrogens (tertiary/aromatic N) is 1. The van der Waals surface area contributed by atoms with E-state index in [1.807, 2.05) is 13.0 Å². The van der Waals surface area contributed by atoms with Gasteiger partial charge < -0.3 is 4.74 Å². The third-order valence-corrected chi connectivity index (χ3v) is 7.04. The predicted octanol–water partition coefficient (Wildman–Crippen LogP) is 7.11. The van der Waals surface area contributed by atoms with Crippen LogP contribution in [0.4, 0.5) is 0 Å². The lowest BCUT2D eigenvalue weighted by atomic mass is 10.0. The Morgan fingerprint density at radius 2 is 1.73 bits per heavy atom. The quantitative estimate of drug-likeness (QED) is 0.317. The minimum atomic E-state index is -0.898. The molecule has 0 bridgehead atoms. The first-order valence-corrected chi connectivity index (χ1v) is 12.2. The SMILES string of the molecule is CC(=O)C(C)(C)Oc1ccc(C(=O)CCc2sc(-c3ccc(C)cc3)nc2C(C)C)cc1C. The minimum absolute atomic E-state index is 0.0439. The van der Waals surface area contributed by atoms with Crippen molar-refractivity contribution in [3.8, 4) is 16.3 Å². The van der Waals surface area contributed by atoms with E-state index in [0.717, 1.165) is 21.8 Å². The molecule has 174 valence electrons. The zero-order chi connectivity index (χ0) is 24.3. The molecule has 0 aliphatic carbocycles. The first kappa shape index (κ1) is 24.8. The van der Waals surface area contributed by atoms with Crippen LogP contribution in [0.25, 0.3) is 10.6 Å². The highest BCUT2D eigenvalue weighted by Gasteiger charge is 2.26. The van der Waals surface area contributed by atoms with E-state index in [1.165, 1.54) is 17.4 Å². The molecule has 0 saturated carbocycles. The highest BCUT2D eigenvalue weighted by molar-refractivity contribution is 7.15. The van der Waals surface area contributed by atoms with Gasteiger partial charge in [0.2, 0.25) is 0 Å². The van der Waals surface area contributed by atoms with Gasteiger partial charge in [0, 0.05) is 22.4 Å². The predicted molar refractivity (Wildman–Crippen MR) is 136 cm³/mol. The van der Waals surface area contributed by atoms with Gasteiger partial charge >= 0.3 is 0 Å². The standard InChI is InChI=1S/C28H33NO3S/c1-17(2)26-25(33-27(29-26)21-10-8-18(3)9-11-21)15-13-23(31)22-12-14-24(19(4)16-22)32-28(6,7)20(5)30/h8-12,14,16-17H,13,15H2,1-7H3. The highest BCUT2D eigenvalue weighted by atomic mass is 32.1. The van der Waals surface area contributed by atoms with Gasteiger partial charge in [0.05, 0.1) is 5.69 Å². The van der Waals surface area contributed by atoms with E-state index in [0.29, 0.717) is 30.1 Å². The smallest absolute Gasteiger partial charge is 0.172 e. The average molecular weight is 464 g/mol. The Kier molecular flexibility index (Phi) is 7.53. The van der Waals surface area contributed by atoms with Crippen molar-refractivity contribution in [1.82, 2.24) is 4.98 Å². The lowest BCUT2D eigenvalue weighted by Crippen LogP contribution is -2.36. The number of ether oxygens (including phenoxy) is 1. The maximum atomic E-state index is 13.0. The van der Waals surface area contributed by atoms with Gasteiger partial charge in [-0.05, 0) is 70.7 Å². The molecule has 5 heteroatoms. The van der Waals surface area contributed by atoms with Crippen molar-refractivity contribution in [1.29, 1.82) is 0 Å². The van der Waals surface area contributed by atoms with Crippen LogP contribution in [-0.2, 0) is 11.2 Å². The first-order valence-electron chi connectivity index (χ1n) is 11.4. The number of thiazole rings is 1. The summed E-state index contributed by atoms with van der Waals surface area (Å²) in [6, 6.07) is 13.8. The van der Waals surface area contributed by atoms with Crippen LogP contribution in [0.1, 0.15) is 79.0 Å². The fourth-order valence-corrected chi connectivity index (χ4v) is 4.69. The second-order valence-electron chi connectivity index (χ2n) is 9.42. The lowest BCUT2D eigenvalue weighted by Gasteiger charge is -2.24. The average Bonchev–Trinajstić information content (AvgIpc) is 3.18. The molecule has 0 N–H and O–H groups in total. The monoisotopic (exact) mass is 463 g/mol. The van der Waals surface area contributed by atoms with E-state index < -0.39 is 5.60 Å². The Balaban J connectivity index is 1.74. The molecule has 3 rings (SSSR count). The van der Waals surface area contributed by atoms with E-state index in [1.54, 1.807) is 37.3 Å². The van der Waals surface area contributed by atoms with Crippen molar-refractivity contribution in [2.24, 2.45) is 0 Å². The van der Waals surface area contributed by atoms with Gasteiger partial charge in [0.1, 0.15) is 10.8 Å². The number of rotatable bonds is 9. The number of hydrogen-bond acceptors (Lipinski definition) is 5. The summed E-state index contributed by atoms with van der Waals surface area (Å²) in [4.78, 5) is 30.8. The van der Waals surface area contributed by atoms with Crippen molar-refractivity contribution < 1.29 is 14.3 Å². The summed E-state index contributed by atoms with van der Waals surface area (Å²) in [5, 5.41) is 1.01. The molecular formula is C28H33NO3S. The Morgan fingerprint density at radius 3 is 2.30 bits per heavy atom. The number of ketones is 2. The molecule has 0 unspecified atom stereocenters. The van der Waals surface area contributed by atoms with Crippen LogP contribution in [0.15, 0.2) is 42.5 Å². The second kappa shape index (κ2) is 10.0. The van der Waals surface area contributed by atoms with Crippen LogP contribution in [0.2, 0.25) is 0 Å². The molecule has 1 heterocycles. The molecule has 3 aromatic rings. The zero-order valence-corrected chi connectivity index (χ0v) is 21.4. The van der Waals surface area contributed by atoms with E-state index >= 15 is 0 Å². The fraction of sp³-hybridized carbons (Fsp3) is 0.393. The molecule has 1 aromatic heterocycles. The second-order valence-corrected chi connectivity index (χ2v) is 10.5. The first-order chi connectivity index (χ1) is 15.5. The normalized spacial score (nSPS) is 11.6. The number of carbonyl (C=O) groups excluding carboxylic acids is 2. The van der Waals surface area contributed by atoms with Crippen LogP contribution in [-0.4, -0.2) is 22.2 Å². The Morgan fingerprint density at radius 1 is 1.06 bits per heavy atom. The van der Waals surface area contributed by atoms with Crippen molar-refractivity contribution in [2.45, 2.75) is 72.8 Å². The topological polar surface area (TPSA) is 56.3 Å². The third kappa shape index (κ3) is 5.97. The van der Waals surface area contributed by atoms with Gasteiger partial charge in [0.15, 0.2) is 17.2 Å². The molecule has 0 atom stereocenters. The summed E-state index contributed by atoms with van der Waals surface area (Å²) < 4.78 is 5.88. The molecule has 0 radical (unpaired) electrons. The number of Topliss-reactive ketones (excluding diaryl/α,β-unsaturated/α-hetero) is 2. The molecule has 0 saturated heterocycles. The Labute approximate surface area is 201 Å². The third-order valence-electron chi connectivity index (χ3n) is 5.86. The molecule has 4 nitrogen and oxygen atoms in total. The molecular weight excluding hydrogens is 430 g/mol. The van der Waals surface area contributed by atoms with Crippen LogP contribution in [0, 0.1) is 13.8 Å². The maximum Gasteiger partial charge on any atom is 0.172 e. The van der Waals surface area contributed by atoms with E-state index in [4.69, 9.17) is 9.72 Å². The zero-order valence-electron chi connectivity index (χ0n) is 20.6. The molecule has 0 amide bonds. The molecule has 0 fully saturated rings. The van der Waals surface area contributed by atoms with Gasteiger partial charge in [-0.25, -0.2) is 4.98 Å². The minimum Gasteiger partial charge on any atom is -0.480 e. The molecule has 0 aliphatic rings. The van der Waals surface area contributed by atoms with Gasteiger partial charge in [-0.1, -0.05) is 43.7 Å². The number of hydrogen-bond donors (Lipinski definition) is 0. The fourth-order valence-electron chi connectivity index (χ4n) is 3.47. The van der Waals surface area contributed by atoms with E-state index in [2.05, 4.69) is 45.0 Å². The molecule has 33 heavy (non-hydrogen) atoms. The van der Waals surface area contributed by atoms with Crippen LogP contribution < -0.4 is 4.74 Å². The molecule has 0 aliphatic heterocycles. The van der Waals surface area contributed by atoms with Gasteiger partial charge in [0.25, 0.3) is 0 Å². The lowest BCUT2D eigenvalue weighted by molar-refractivity contribution is -0.129. The molecule has 0 spiro atoms. The van der Waals surface area contributed by atoms with E-state index in [-0.39, 0.29) is 11.6 Å². The van der Waals surface area contributed by atoms with Crippen LogP contribution >= 0.6 is 11.3 Å². The number of aryl methyl sites for hydroxylation is 3. The summed E-state index contributed by atoms with van der Waals surface area (Å²) in [5.41, 5.74) is 4.03. The Bertz CT molecular complexity index is 1160. The summed E-state index contributed by atoms with van der Waals surface area (Å²) in [5.74, 6) is 0.973. The number of benzene rings is 2. The number of carbonyl (C=O) groups is 2. The largest absolute Gasteiger partial charge is 0.480 e. The van der Waals surface area contributed by atoms with Crippen molar-refractivity contribution in [3.05, 3.63) is 69.7 Å². The van der Waals surface area contributed by atoms with E-state index in [9.17, 15) is 9.59 Å².